The Kier molecular flexibility index (Phi) is 3.63. The first-order valence-electron chi connectivity index (χ1n) is 7.27. The summed E-state index contributed by atoms with van der Waals surface area (Å²) in [6.45, 7) is 4.88. The van der Waals surface area contributed by atoms with Gasteiger partial charge in [-0.3, -0.25) is 5.10 Å². The maximum atomic E-state index is 13.9. The Hall–Kier alpha value is -1.95. The van der Waals surface area contributed by atoms with Gasteiger partial charge in [0.2, 0.25) is 5.95 Å². The highest BCUT2D eigenvalue weighted by atomic mass is 19.1. The third-order valence-electron chi connectivity index (χ3n) is 4.16. The van der Waals surface area contributed by atoms with Gasteiger partial charge in [0, 0.05) is 18.6 Å². The van der Waals surface area contributed by atoms with Crippen LogP contribution in [0.2, 0.25) is 0 Å². The lowest BCUT2D eigenvalue weighted by molar-refractivity contribution is 0.416. The summed E-state index contributed by atoms with van der Waals surface area (Å²) in [5.41, 5.74) is 7.53. The van der Waals surface area contributed by atoms with E-state index in [4.69, 9.17) is 5.73 Å². The molecule has 1 aromatic heterocycles. The van der Waals surface area contributed by atoms with Crippen molar-refractivity contribution in [3.8, 4) is 11.4 Å². The normalized spacial score (nSPS) is 22.6. The number of piperidine rings is 1. The molecule has 1 aliphatic rings. The van der Waals surface area contributed by atoms with Crippen molar-refractivity contribution < 1.29 is 4.39 Å². The number of anilines is 1. The molecule has 3 N–H and O–H groups in total. The number of benzene rings is 1. The molecule has 0 saturated carbocycles. The van der Waals surface area contributed by atoms with Gasteiger partial charge in [-0.05, 0) is 38.8 Å². The zero-order valence-electron chi connectivity index (χ0n) is 12.3. The van der Waals surface area contributed by atoms with Crippen LogP contribution in [0.4, 0.5) is 10.3 Å². The Morgan fingerprint density at radius 3 is 3.05 bits per heavy atom. The van der Waals surface area contributed by atoms with Crippen LogP contribution in [0.5, 0.6) is 0 Å². The molecule has 2 aromatic rings. The number of nitrogens with one attached hydrogen (secondary N) is 1. The number of aromatic nitrogens is 3. The number of rotatable bonds is 2. The first-order valence-corrected chi connectivity index (χ1v) is 7.27. The summed E-state index contributed by atoms with van der Waals surface area (Å²) in [4.78, 5) is 6.54. The van der Waals surface area contributed by atoms with E-state index in [0.717, 1.165) is 24.9 Å². The van der Waals surface area contributed by atoms with E-state index in [0.29, 0.717) is 17.3 Å². The average molecular weight is 289 g/mol. The van der Waals surface area contributed by atoms with E-state index in [1.165, 1.54) is 6.07 Å². The first kappa shape index (κ1) is 14.0. The van der Waals surface area contributed by atoms with Gasteiger partial charge in [0.25, 0.3) is 0 Å². The molecule has 5 nitrogen and oxygen atoms in total. The van der Waals surface area contributed by atoms with Crippen LogP contribution in [0, 0.1) is 12.7 Å². The molecule has 0 radical (unpaired) electrons. The molecule has 21 heavy (non-hydrogen) atoms. The van der Waals surface area contributed by atoms with Gasteiger partial charge in [-0.2, -0.15) is 4.98 Å². The molecular formula is C15H20FN5. The minimum absolute atomic E-state index is 0.122. The van der Waals surface area contributed by atoms with Crippen molar-refractivity contribution in [2.45, 2.75) is 38.8 Å². The van der Waals surface area contributed by atoms with Crippen LogP contribution < -0.4 is 10.6 Å². The van der Waals surface area contributed by atoms with Crippen LogP contribution >= 0.6 is 0 Å². The van der Waals surface area contributed by atoms with Gasteiger partial charge in [0.05, 0.1) is 5.56 Å². The second-order valence-corrected chi connectivity index (χ2v) is 5.71. The molecule has 0 aliphatic carbocycles. The predicted molar refractivity (Wildman–Crippen MR) is 80.5 cm³/mol. The maximum absolute atomic E-state index is 13.9. The van der Waals surface area contributed by atoms with Crippen molar-refractivity contribution in [1.29, 1.82) is 0 Å². The third-order valence-corrected chi connectivity index (χ3v) is 4.16. The number of H-pyrrole nitrogens is 1. The molecule has 112 valence electrons. The quantitative estimate of drug-likeness (QED) is 0.889. The van der Waals surface area contributed by atoms with Gasteiger partial charge in [-0.1, -0.05) is 11.6 Å². The molecule has 0 bridgehead atoms. The number of halogens is 1. The summed E-state index contributed by atoms with van der Waals surface area (Å²) in [5, 5.41) is 7.08. The highest BCUT2D eigenvalue weighted by Crippen LogP contribution is 2.25. The second-order valence-electron chi connectivity index (χ2n) is 5.71. The molecule has 1 aromatic carbocycles. The molecule has 0 spiro atoms. The monoisotopic (exact) mass is 289 g/mol. The molecule has 1 saturated heterocycles. The zero-order chi connectivity index (χ0) is 15.0. The third kappa shape index (κ3) is 2.63. The molecule has 0 amide bonds. The summed E-state index contributed by atoms with van der Waals surface area (Å²) in [5.74, 6) is 0.748. The van der Waals surface area contributed by atoms with Crippen molar-refractivity contribution in [2.75, 3.05) is 11.4 Å². The molecule has 2 unspecified atom stereocenters. The molecular weight excluding hydrogens is 269 g/mol. The van der Waals surface area contributed by atoms with Gasteiger partial charge < -0.3 is 10.6 Å². The smallest absolute Gasteiger partial charge is 0.245 e. The highest BCUT2D eigenvalue weighted by molar-refractivity contribution is 5.58. The van der Waals surface area contributed by atoms with Crippen molar-refractivity contribution in [3.05, 3.63) is 29.6 Å². The van der Waals surface area contributed by atoms with Crippen LogP contribution in [0.15, 0.2) is 18.2 Å². The summed E-state index contributed by atoms with van der Waals surface area (Å²) in [6.07, 6.45) is 2.04. The maximum Gasteiger partial charge on any atom is 0.245 e. The van der Waals surface area contributed by atoms with Crippen molar-refractivity contribution in [2.24, 2.45) is 5.73 Å². The van der Waals surface area contributed by atoms with Crippen LogP contribution in [-0.2, 0) is 0 Å². The van der Waals surface area contributed by atoms with Crippen LogP contribution in [0.3, 0.4) is 0 Å². The molecule has 1 aliphatic heterocycles. The SMILES string of the molecule is Cc1ccc(F)c(-c2nc(N3CCCC(N)C3C)n[nH]2)c1. The lowest BCUT2D eigenvalue weighted by Crippen LogP contribution is -2.50. The largest absolute Gasteiger partial charge is 0.335 e. The summed E-state index contributed by atoms with van der Waals surface area (Å²) in [7, 11) is 0. The minimum atomic E-state index is -0.299. The number of aryl methyl sites for hydroxylation is 1. The van der Waals surface area contributed by atoms with Gasteiger partial charge in [0.1, 0.15) is 5.82 Å². The lowest BCUT2D eigenvalue weighted by atomic mass is 9.99. The molecule has 6 heteroatoms. The van der Waals surface area contributed by atoms with Gasteiger partial charge in [-0.25, -0.2) is 4.39 Å². The van der Waals surface area contributed by atoms with Crippen LogP contribution in [0.25, 0.3) is 11.4 Å². The number of hydrogen-bond donors (Lipinski definition) is 2. The lowest BCUT2D eigenvalue weighted by Gasteiger charge is -2.36. The van der Waals surface area contributed by atoms with Gasteiger partial charge in [0.15, 0.2) is 5.82 Å². The van der Waals surface area contributed by atoms with E-state index in [1.54, 1.807) is 12.1 Å². The number of nitrogens with two attached hydrogens (primary N) is 1. The highest BCUT2D eigenvalue weighted by Gasteiger charge is 2.28. The number of aromatic amines is 1. The van der Waals surface area contributed by atoms with E-state index in [2.05, 4.69) is 27.0 Å². The topological polar surface area (TPSA) is 70.8 Å². The number of nitrogens with zero attached hydrogens (tertiary/aromatic N) is 3. The van der Waals surface area contributed by atoms with Crippen molar-refractivity contribution in [1.82, 2.24) is 15.2 Å². The molecule has 2 heterocycles. The Balaban J connectivity index is 1.91. The van der Waals surface area contributed by atoms with E-state index in [-0.39, 0.29) is 17.9 Å². The predicted octanol–water partition coefficient (Wildman–Crippen LogP) is 2.24. The summed E-state index contributed by atoms with van der Waals surface area (Å²) in [6, 6.07) is 5.26. The Morgan fingerprint density at radius 2 is 2.24 bits per heavy atom. The molecule has 1 fully saturated rings. The fourth-order valence-corrected chi connectivity index (χ4v) is 2.78. The Bertz CT molecular complexity index is 639. The Labute approximate surface area is 123 Å². The number of hydrogen-bond acceptors (Lipinski definition) is 4. The standard InChI is InChI=1S/C15H20FN5/c1-9-5-6-12(16)11(8-9)14-18-15(20-19-14)21-7-3-4-13(17)10(21)2/h5-6,8,10,13H,3-4,7,17H2,1-2H3,(H,18,19,20). The summed E-state index contributed by atoms with van der Waals surface area (Å²) >= 11 is 0. The van der Waals surface area contributed by atoms with E-state index in [9.17, 15) is 4.39 Å². The van der Waals surface area contributed by atoms with Crippen molar-refractivity contribution in [3.63, 3.8) is 0 Å². The average Bonchev–Trinajstić information content (AvgIpc) is 2.94. The van der Waals surface area contributed by atoms with E-state index >= 15 is 0 Å². The minimum Gasteiger partial charge on any atom is -0.335 e. The van der Waals surface area contributed by atoms with Crippen LogP contribution in [0.1, 0.15) is 25.3 Å². The fraction of sp³-hybridized carbons (Fsp3) is 0.467. The van der Waals surface area contributed by atoms with Gasteiger partial charge in [-0.15, -0.1) is 5.10 Å². The van der Waals surface area contributed by atoms with Crippen LogP contribution in [-0.4, -0.2) is 33.8 Å². The van der Waals surface area contributed by atoms with E-state index in [1.807, 2.05) is 6.92 Å². The first-order chi connectivity index (χ1) is 10.1. The van der Waals surface area contributed by atoms with Gasteiger partial charge >= 0.3 is 0 Å². The second kappa shape index (κ2) is 5.44. The Morgan fingerprint density at radius 1 is 1.43 bits per heavy atom. The molecule has 2 atom stereocenters. The van der Waals surface area contributed by atoms with E-state index < -0.39 is 0 Å². The van der Waals surface area contributed by atoms with Crippen molar-refractivity contribution >= 4 is 5.95 Å². The molecule has 3 rings (SSSR count). The zero-order valence-corrected chi connectivity index (χ0v) is 12.3. The summed E-state index contributed by atoms with van der Waals surface area (Å²) < 4.78 is 13.9. The fourth-order valence-electron chi connectivity index (χ4n) is 2.78.